The van der Waals surface area contributed by atoms with Crippen molar-refractivity contribution in [3.05, 3.63) is 9.78 Å². The molecule has 0 aliphatic carbocycles. The molecule has 0 aromatic heterocycles. The Labute approximate surface area is 84.2 Å². The molecule has 0 aliphatic heterocycles. The van der Waals surface area contributed by atoms with Crippen LogP contribution in [-0.4, -0.2) is 28.5 Å². The van der Waals surface area contributed by atoms with Crippen LogP contribution in [-0.2, 0) is 4.79 Å². The zero-order chi connectivity index (χ0) is 10.6. The van der Waals surface area contributed by atoms with Crippen molar-refractivity contribution in [2.45, 2.75) is 13.1 Å². The number of rotatable bonds is 2. The minimum atomic E-state index is -4.36. The van der Waals surface area contributed by atoms with E-state index in [9.17, 15) is 18.0 Å². The summed E-state index contributed by atoms with van der Waals surface area (Å²) in [6.07, 6.45) is -3.55. The minimum Gasteiger partial charge on any atom is -0.321 e. The van der Waals surface area contributed by atoms with E-state index in [1.54, 1.807) is 0 Å². The van der Waals surface area contributed by atoms with E-state index < -0.39 is 36.4 Å². The van der Waals surface area contributed by atoms with Crippen molar-refractivity contribution in [3.8, 4) is 0 Å². The molecule has 0 radical (unpaired) electrons. The highest BCUT2D eigenvalue weighted by atomic mass is 127. The third-order valence-corrected chi connectivity index (χ3v) is 2.93. The van der Waals surface area contributed by atoms with Gasteiger partial charge in [0.2, 0.25) is 5.91 Å². The third kappa shape index (κ3) is 4.39. The summed E-state index contributed by atoms with van der Waals surface area (Å²) in [6.45, 7) is 1.20. The lowest BCUT2D eigenvalue weighted by Gasteiger charge is -2.12. The van der Waals surface area contributed by atoms with Gasteiger partial charge in [0.15, 0.2) is 0 Å². The first-order valence-corrected chi connectivity index (χ1v) is 5.80. The Morgan fingerprint density at radius 1 is 1.54 bits per heavy atom. The SMILES string of the molecule is C=I/C(=C\N(C)C(C)=O)C(F)(F)F. The van der Waals surface area contributed by atoms with Gasteiger partial charge in [-0.25, -0.2) is 0 Å². The van der Waals surface area contributed by atoms with Gasteiger partial charge >= 0.3 is 6.18 Å². The van der Waals surface area contributed by atoms with E-state index in [1.165, 1.54) is 14.0 Å². The number of halogens is 4. The molecule has 0 bridgehead atoms. The summed E-state index contributed by atoms with van der Waals surface area (Å²) >= 11 is -1.32. The number of carbonyl (C=O) groups excluding carboxylic acids is 1. The van der Waals surface area contributed by atoms with Gasteiger partial charge in [0.25, 0.3) is 0 Å². The second-order valence-electron chi connectivity index (χ2n) is 2.24. The summed E-state index contributed by atoms with van der Waals surface area (Å²) in [4.78, 5) is 11.5. The molecule has 0 saturated carbocycles. The Morgan fingerprint density at radius 3 is 2.23 bits per heavy atom. The summed E-state index contributed by atoms with van der Waals surface area (Å²) < 4.78 is 38.9. The van der Waals surface area contributed by atoms with Crippen LogP contribution < -0.4 is 0 Å². The standard InChI is InChI=1S/C7H9F3INO/c1-5(13)12(3)4-6(11-2)7(8,9)10/h4H,2H2,1,3H3/b6-4-. The molecule has 2 nitrogen and oxygen atoms in total. The van der Waals surface area contributed by atoms with E-state index >= 15 is 0 Å². The highest BCUT2D eigenvalue weighted by Crippen LogP contribution is 2.33. The molecule has 0 saturated heterocycles. The fourth-order valence-electron chi connectivity index (χ4n) is 0.444. The first-order valence-electron chi connectivity index (χ1n) is 3.20. The van der Waals surface area contributed by atoms with E-state index in [4.69, 9.17) is 0 Å². The molecule has 0 N–H and O–H groups in total. The molecule has 1 amide bonds. The van der Waals surface area contributed by atoms with Gasteiger partial charge in [0.05, 0.1) is 0 Å². The fourth-order valence-corrected chi connectivity index (χ4v) is 1.49. The lowest BCUT2D eigenvalue weighted by Crippen LogP contribution is -2.20. The second kappa shape index (κ2) is 4.73. The predicted octanol–water partition coefficient (Wildman–Crippen LogP) is 2.27. The Hall–Kier alpha value is -0.400. The van der Waals surface area contributed by atoms with Crippen molar-refractivity contribution in [2.24, 2.45) is 0 Å². The van der Waals surface area contributed by atoms with Crippen molar-refractivity contribution in [3.63, 3.8) is 0 Å². The second-order valence-corrected chi connectivity index (χ2v) is 4.16. The van der Waals surface area contributed by atoms with Gasteiger partial charge in [-0.05, 0) is 0 Å². The third-order valence-electron chi connectivity index (χ3n) is 1.22. The number of amides is 1. The van der Waals surface area contributed by atoms with Crippen LogP contribution >= 0.6 is 20.7 Å². The number of nitrogens with zero attached hydrogens (tertiary/aromatic N) is 1. The normalized spacial score (nSPS) is 12.8. The van der Waals surface area contributed by atoms with E-state index in [-0.39, 0.29) is 0 Å². The average Bonchev–Trinajstić information content (AvgIpc) is 1.96. The molecule has 0 rings (SSSR count). The molecule has 0 fully saturated rings. The maximum absolute atomic E-state index is 12.1. The smallest absolute Gasteiger partial charge is 0.321 e. The van der Waals surface area contributed by atoms with Crippen LogP contribution in [0.25, 0.3) is 0 Å². The van der Waals surface area contributed by atoms with Crippen molar-refractivity contribution >= 4 is 31.2 Å². The van der Waals surface area contributed by atoms with E-state index in [2.05, 4.69) is 4.51 Å². The molecule has 0 atom stereocenters. The number of hydrogen-bond donors (Lipinski definition) is 0. The largest absolute Gasteiger partial charge is 0.423 e. The van der Waals surface area contributed by atoms with E-state index in [0.717, 1.165) is 11.1 Å². The van der Waals surface area contributed by atoms with Crippen LogP contribution in [0.4, 0.5) is 13.2 Å². The molecule has 6 heteroatoms. The summed E-state index contributed by atoms with van der Waals surface area (Å²) in [5.41, 5.74) is 0. The van der Waals surface area contributed by atoms with Gasteiger partial charge in [-0.3, -0.25) is 4.79 Å². The van der Waals surface area contributed by atoms with Crippen molar-refractivity contribution in [1.82, 2.24) is 4.90 Å². The molecular formula is C7H9F3INO. The van der Waals surface area contributed by atoms with Gasteiger partial charge in [0, 0.05) is 20.2 Å². The van der Waals surface area contributed by atoms with E-state index in [1.807, 2.05) is 0 Å². The fraction of sp³-hybridized carbons (Fsp3) is 0.429. The molecular weight excluding hydrogens is 298 g/mol. The average molecular weight is 307 g/mol. The first kappa shape index (κ1) is 12.6. The quantitative estimate of drug-likeness (QED) is 0.717. The lowest BCUT2D eigenvalue weighted by molar-refractivity contribution is -0.125. The van der Waals surface area contributed by atoms with Crippen molar-refractivity contribution in [1.29, 1.82) is 0 Å². The minimum absolute atomic E-state index is 0.431. The Bertz CT molecular complexity index is 247. The van der Waals surface area contributed by atoms with Crippen LogP contribution in [0.1, 0.15) is 6.92 Å². The van der Waals surface area contributed by atoms with E-state index in [0.29, 0.717) is 0 Å². The van der Waals surface area contributed by atoms with Crippen molar-refractivity contribution < 1.29 is 18.0 Å². The number of hydrogen-bond acceptors (Lipinski definition) is 1. The topological polar surface area (TPSA) is 20.3 Å². The Balaban J connectivity index is 4.77. The predicted molar refractivity (Wildman–Crippen MR) is 53.7 cm³/mol. The van der Waals surface area contributed by atoms with Gasteiger partial charge < -0.3 is 4.90 Å². The number of carbonyl (C=O) groups is 1. The molecule has 0 spiro atoms. The highest BCUT2D eigenvalue weighted by Gasteiger charge is 2.32. The van der Waals surface area contributed by atoms with Gasteiger partial charge in [-0.2, -0.15) is 13.2 Å². The number of allylic oxidation sites excluding steroid dienone is 1. The molecule has 0 aromatic rings. The van der Waals surface area contributed by atoms with Gasteiger partial charge in [0.1, 0.15) is 3.58 Å². The summed E-state index contributed by atoms with van der Waals surface area (Å²) in [5, 5.41) is 0. The molecule has 0 unspecified atom stereocenters. The lowest BCUT2D eigenvalue weighted by atomic mass is 10.5. The van der Waals surface area contributed by atoms with Crippen LogP contribution in [0.2, 0.25) is 0 Å². The molecule has 13 heavy (non-hydrogen) atoms. The highest BCUT2D eigenvalue weighted by molar-refractivity contribution is 14.2. The zero-order valence-corrected chi connectivity index (χ0v) is 9.31. The van der Waals surface area contributed by atoms with Gasteiger partial charge in [-0.1, -0.05) is 25.2 Å². The molecule has 0 heterocycles. The Morgan fingerprint density at radius 2 is 2.00 bits per heavy atom. The van der Waals surface area contributed by atoms with Crippen molar-refractivity contribution in [2.75, 3.05) is 7.05 Å². The first-order chi connectivity index (χ1) is 5.79. The Kier molecular flexibility index (Phi) is 4.58. The van der Waals surface area contributed by atoms with Gasteiger partial charge in [-0.15, -0.1) is 0 Å². The maximum Gasteiger partial charge on any atom is 0.423 e. The summed E-state index contributed by atoms with van der Waals surface area (Å²) in [7, 11) is 1.29. The van der Waals surface area contributed by atoms with Crippen LogP contribution in [0.15, 0.2) is 9.78 Å². The zero-order valence-electron chi connectivity index (χ0n) is 7.15. The molecule has 0 aromatic carbocycles. The van der Waals surface area contributed by atoms with Crippen LogP contribution in [0.3, 0.4) is 0 Å². The van der Waals surface area contributed by atoms with Crippen LogP contribution in [0, 0.1) is 0 Å². The molecule has 76 valence electrons. The monoisotopic (exact) mass is 307 g/mol. The molecule has 0 aliphatic rings. The van der Waals surface area contributed by atoms with Crippen LogP contribution in [0.5, 0.6) is 0 Å². The summed E-state index contributed by atoms with van der Waals surface area (Å²) in [6, 6.07) is 0. The summed E-state index contributed by atoms with van der Waals surface area (Å²) in [5.74, 6) is -0.431. The number of alkyl halides is 3. The maximum atomic E-state index is 12.1.